The second-order valence-electron chi connectivity index (χ2n) is 5.31. The van der Waals surface area contributed by atoms with Gasteiger partial charge in [0.1, 0.15) is 5.69 Å². The van der Waals surface area contributed by atoms with Crippen molar-refractivity contribution in [3.05, 3.63) is 68.2 Å². The van der Waals surface area contributed by atoms with Gasteiger partial charge in [-0.2, -0.15) is 0 Å². The monoisotopic (exact) mass is 396 g/mol. The molecule has 0 radical (unpaired) electrons. The Labute approximate surface area is 159 Å². The van der Waals surface area contributed by atoms with Gasteiger partial charge in [-0.05, 0) is 30.7 Å². The predicted molar refractivity (Wildman–Crippen MR) is 97.4 cm³/mol. The minimum atomic E-state index is -1.15. The number of halogens is 2. The summed E-state index contributed by atoms with van der Waals surface area (Å²) in [5.74, 6) is -1.35. The Morgan fingerprint density at radius 2 is 1.92 bits per heavy atom. The van der Waals surface area contributed by atoms with Crippen LogP contribution in [0.1, 0.15) is 12.5 Å². The fraction of sp³-hybridized carbons (Fsp3) is 0.176. The maximum absolute atomic E-state index is 12.1. The number of anilines is 1. The Kier molecular flexibility index (Phi) is 6.54. The number of nitrogens with one attached hydrogen (secondary N) is 1. The Balaban J connectivity index is 1.98. The third kappa shape index (κ3) is 5.18. The summed E-state index contributed by atoms with van der Waals surface area (Å²) in [7, 11) is 0. The molecule has 9 heteroatoms. The standard InChI is InChI=1S/C17H14Cl2N2O5/c1-10(17(23)20-14-4-2-3-5-15(14)21(24)25)26-16(22)8-11-6-7-12(18)9-13(11)19/h2-7,9-10H,8H2,1H3,(H,20,23)/t10-/m1/s1. The lowest BCUT2D eigenvalue weighted by Gasteiger charge is -2.14. The van der Waals surface area contributed by atoms with Crippen LogP contribution in [-0.4, -0.2) is 22.9 Å². The molecule has 0 aliphatic heterocycles. The molecule has 1 N–H and O–H groups in total. The Morgan fingerprint density at radius 3 is 2.58 bits per heavy atom. The zero-order chi connectivity index (χ0) is 19.3. The topological polar surface area (TPSA) is 98.5 Å². The van der Waals surface area contributed by atoms with Gasteiger partial charge < -0.3 is 10.1 Å². The summed E-state index contributed by atoms with van der Waals surface area (Å²) in [6.45, 7) is 1.37. The first-order valence-electron chi connectivity index (χ1n) is 7.45. The minimum Gasteiger partial charge on any atom is -0.452 e. The van der Waals surface area contributed by atoms with Gasteiger partial charge in [0.25, 0.3) is 11.6 Å². The van der Waals surface area contributed by atoms with E-state index in [9.17, 15) is 19.7 Å². The van der Waals surface area contributed by atoms with Crippen molar-refractivity contribution in [2.24, 2.45) is 0 Å². The first-order valence-corrected chi connectivity index (χ1v) is 8.21. The fourth-order valence-corrected chi connectivity index (χ4v) is 2.56. The van der Waals surface area contributed by atoms with E-state index in [4.69, 9.17) is 27.9 Å². The van der Waals surface area contributed by atoms with Crippen LogP contribution >= 0.6 is 23.2 Å². The van der Waals surface area contributed by atoms with Crippen LogP contribution in [0.15, 0.2) is 42.5 Å². The lowest BCUT2D eigenvalue weighted by atomic mass is 10.1. The number of amides is 1. The number of hydrogen-bond acceptors (Lipinski definition) is 5. The van der Waals surface area contributed by atoms with Crippen molar-refractivity contribution in [3.8, 4) is 0 Å². The molecule has 0 aromatic heterocycles. The average molecular weight is 397 g/mol. The van der Waals surface area contributed by atoms with Crippen LogP contribution in [0.25, 0.3) is 0 Å². The van der Waals surface area contributed by atoms with E-state index in [1.807, 2.05) is 0 Å². The average Bonchev–Trinajstić information content (AvgIpc) is 2.57. The van der Waals surface area contributed by atoms with Crippen LogP contribution in [0.3, 0.4) is 0 Å². The smallest absolute Gasteiger partial charge is 0.311 e. The molecule has 0 unspecified atom stereocenters. The van der Waals surface area contributed by atoms with Gasteiger partial charge in [-0.25, -0.2) is 0 Å². The molecule has 136 valence electrons. The van der Waals surface area contributed by atoms with Crippen molar-refractivity contribution < 1.29 is 19.2 Å². The van der Waals surface area contributed by atoms with Gasteiger partial charge in [0.15, 0.2) is 6.10 Å². The Hall–Kier alpha value is -2.64. The molecule has 7 nitrogen and oxygen atoms in total. The highest BCUT2D eigenvalue weighted by atomic mass is 35.5. The van der Waals surface area contributed by atoms with E-state index >= 15 is 0 Å². The molecule has 0 saturated heterocycles. The van der Waals surface area contributed by atoms with Gasteiger partial charge in [0.2, 0.25) is 0 Å². The van der Waals surface area contributed by atoms with Crippen molar-refractivity contribution >= 4 is 46.5 Å². The van der Waals surface area contributed by atoms with E-state index in [1.54, 1.807) is 18.2 Å². The SMILES string of the molecule is C[C@@H](OC(=O)Cc1ccc(Cl)cc1Cl)C(=O)Nc1ccccc1[N+](=O)[O-]. The molecule has 2 aromatic carbocycles. The minimum absolute atomic E-state index is 0.0196. The molecule has 0 heterocycles. The number of nitrogens with zero attached hydrogens (tertiary/aromatic N) is 1. The molecule has 1 atom stereocenters. The number of benzene rings is 2. The number of rotatable bonds is 6. The quantitative estimate of drug-likeness (QED) is 0.451. The summed E-state index contributed by atoms with van der Waals surface area (Å²) in [4.78, 5) is 34.5. The molecule has 1 amide bonds. The molecular weight excluding hydrogens is 383 g/mol. The summed E-state index contributed by atoms with van der Waals surface area (Å²) in [6, 6.07) is 10.3. The molecule has 0 aliphatic rings. The van der Waals surface area contributed by atoms with Gasteiger partial charge in [0, 0.05) is 16.1 Å². The first kappa shape index (κ1) is 19.7. The van der Waals surface area contributed by atoms with Gasteiger partial charge in [-0.1, -0.05) is 41.4 Å². The summed E-state index contributed by atoms with van der Waals surface area (Å²) in [5.41, 5.74) is 0.269. The molecule has 0 fully saturated rings. The van der Waals surface area contributed by atoms with Crippen LogP contribution in [-0.2, 0) is 20.7 Å². The zero-order valence-corrected chi connectivity index (χ0v) is 15.1. The number of carbonyl (C=O) groups is 2. The molecule has 0 aliphatic carbocycles. The number of para-hydroxylation sites is 2. The van der Waals surface area contributed by atoms with Crippen LogP contribution < -0.4 is 5.32 Å². The molecule has 0 saturated carbocycles. The third-order valence-corrected chi connectivity index (χ3v) is 3.97. The molecule has 26 heavy (non-hydrogen) atoms. The molecular formula is C17H14Cl2N2O5. The van der Waals surface area contributed by atoms with Crippen molar-refractivity contribution in [2.45, 2.75) is 19.4 Å². The predicted octanol–water partition coefficient (Wildman–Crippen LogP) is 4.01. The maximum Gasteiger partial charge on any atom is 0.311 e. The van der Waals surface area contributed by atoms with E-state index in [2.05, 4.69) is 5.32 Å². The van der Waals surface area contributed by atoms with Crippen LogP contribution in [0.2, 0.25) is 10.0 Å². The second kappa shape index (κ2) is 8.64. The van der Waals surface area contributed by atoms with E-state index in [0.29, 0.717) is 15.6 Å². The number of nitro benzene ring substituents is 1. The van der Waals surface area contributed by atoms with E-state index in [1.165, 1.54) is 31.2 Å². The summed E-state index contributed by atoms with van der Waals surface area (Å²) in [5, 5.41) is 14.1. The molecule has 2 aromatic rings. The van der Waals surface area contributed by atoms with Gasteiger partial charge >= 0.3 is 5.97 Å². The number of nitro groups is 1. The summed E-state index contributed by atoms with van der Waals surface area (Å²) in [6.07, 6.45) is -1.28. The molecule has 2 rings (SSSR count). The zero-order valence-electron chi connectivity index (χ0n) is 13.6. The van der Waals surface area contributed by atoms with E-state index in [-0.39, 0.29) is 17.8 Å². The number of esters is 1. The Morgan fingerprint density at radius 1 is 1.23 bits per heavy atom. The first-order chi connectivity index (χ1) is 12.3. The van der Waals surface area contributed by atoms with Crippen LogP contribution in [0, 0.1) is 10.1 Å². The summed E-state index contributed by atoms with van der Waals surface area (Å²) >= 11 is 11.8. The van der Waals surface area contributed by atoms with E-state index < -0.39 is 22.9 Å². The molecule has 0 bridgehead atoms. The molecule has 0 spiro atoms. The number of ether oxygens (including phenoxy) is 1. The fourth-order valence-electron chi connectivity index (χ4n) is 2.09. The number of hydrogen-bond donors (Lipinski definition) is 1. The Bertz CT molecular complexity index is 857. The highest BCUT2D eigenvalue weighted by molar-refractivity contribution is 6.35. The van der Waals surface area contributed by atoms with Crippen LogP contribution in [0.4, 0.5) is 11.4 Å². The third-order valence-electron chi connectivity index (χ3n) is 3.39. The normalized spacial score (nSPS) is 11.5. The van der Waals surface area contributed by atoms with Crippen LogP contribution in [0.5, 0.6) is 0 Å². The van der Waals surface area contributed by atoms with Gasteiger partial charge in [0.05, 0.1) is 11.3 Å². The highest BCUT2D eigenvalue weighted by Gasteiger charge is 2.22. The second-order valence-corrected chi connectivity index (χ2v) is 6.15. The highest BCUT2D eigenvalue weighted by Crippen LogP contribution is 2.24. The largest absolute Gasteiger partial charge is 0.452 e. The van der Waals surface area contributed by atoms with Gasteiger partial charge in [-0.3, -0.25) is 19.7 Å². The lowest BCUT2D eigenvalue weighted by molar-refractivity contribution is -0.383. The van der Waals surface area contributed by atoms with E-state index in [0.717, 1.165) is 0 Å². The number of carbonyl (C=O) groups excluding carboxylic acids is 2. The van der Waals surface area contributed by atoms with Crippen molar-refractivity contribution in [1.29, 1.82) is 0 Å². The van der Waals surface area contributed by atoms with Crippen molar-refractivity contribution in [2.75, 3.05) is 5.32 Å². The lowest BCUT2D eigenvalue weighted by Crippen LogP contribution is -2.30. The maximum atomic E-state index is 12.1. The summed E-state index contributed by atoms with van der Waals surface area (Å²) < 4.78 is 5.06. The van der Waals surface area contributed by atoms with Crippen molar-refractivity contribution in [3.63, 3.8) is 0 Å². The van der Waals surface area contributed by atoms with Crippen molar-refractivity contribution in [1.82, 2.24) is 0 Å². The van der Waals surface area contributed by atoms with Gasteiger partial charge in [-0.15, -0.1) is 0 Å².